The van der Waals surface area contributed by atoms with Crippen molar-refractivity contribution in [3.63, 3.8) is 0 Å². The first-order valence-corrected chi connectivity index (χ1v) is 11.9. The minimum atomic E-state index is -0.824. The molecule has 2 aliphatic heterocycles. The quantitative estimate of drug-likeness (QED) is 0.818. The van der Waals surface area contributed by atoms with E-state index in [-0.39, 0.29) is 23.8 Å². The van der Waals surface area contributed by atoms with Gasteiger partial charge in [0.2, 0.25) is 5.91 Å². The number of piperidine rings is 2. The van der Waals surface area contributed by atoms with E-state index >= 15 is 0 Å². The minimum absolute atomic E-state index is 0.0150. The van der Waals surface area contributed by atoms with E-state index in [9.17, 15) is 9.90 Å². The highest BCUT2D eigenvalue weighted by molar-refractivity contribution is 5.80. The number of rotatable bonds is 3. The van der Waals surface area contributed by atoms with Crippen molar-refractivity contribution in [1.82, 2.24) is 9.88 Å². The van der Waals surface area contributed by atoms with E-state index in [1.54, 1.807) is 0 Å². The van der Waals surface area contributed by atoms with E-state index in [4.69, 9.17) is 0 Å². The van der Waals surface area contributed by atoms with Gasteiger partial charge >= 0.3 is 0 Å². The molecule has 1 aliphatic carbocycles. The third kappa shape index (κ3) is 3.84. The Labute approximate surface area is 185 Å². The number of aliphatic hydroxyl groups is 1. The highest BCUT2D eigenvalue weighted by atomic mass is 16.3. The van der Waals surface area contributed by atoms with E-state index in [1.807, 2.05) is 42.6 Å². The first kappa shape index (κ1) is 20.5. The SMILES string of the molecule is O=C(C1CCCN(c2ccccn2)C1)N1CC[C@](O)(c2ccccc2)[C@H]2CCCC[C@H]21. The molecule has 3 heterocycles. The number of amides is 1. The van der Waals surface area contributed by atoms with Crippen LogP contribution in [0.3, 0.4) is 0 Å². The zero-order valence-electron chi connectivity index (χ0n) is 18.2. The summed E-state index contributed by atoms with van der Waals surface area (Å²) in [6.07, 6.45) is 8.67. The van der Waals surface area contributed by atoms with Crippen LogP contribution >= 0.6 is 0 Å². The van der Waals surface area contributed by atoms with Crippen molar-refractivity contribution in [2.75, 3.05) is 24.5 Å². The molecule has 164 valence electrons. The first-order chi connectivity index (χ1) is 15.2. The molecule has 1 unspecified atom stereocenters. The maximum absolute atomic E-state index is 13.7. The summed E-state index contributed by atoms with van der Waals surface area (Å²) >= 11 is 0. The normalized spacial score (nSPS) is 31.2. The second-order valence-electron chi connectivity index (χ2n) is 9.50. The highest BCUT2D eigenvalue weighted by Crippen LogP contribution is 2.47. The predicted molar refractivity (Wildman–Crippen MR) is 122 cm³/mol. The van der Waals surface area contributed by atoms with Crippen molar-refractivity contribution < 1.29 is 9.90 Å². The van der Waals surface area contributed by atoms with Crippen molar-refractivity contribution >= 4 is 11.7 Å². The number of likely N-dealkylation sites (tertiary alicyclic amines) is 1. The van der Waals surface area contributed by atoms with Gasteiger partial charge in [-0.3, -0.25) is 4.79 Å². The second kappa shape index (κ2) is 8.62. The molecule has 3 fully saturated rings. The number of carbonyl (C=O) groups is 1. The van der Waals surface area contributed by atoms with Crippen molar-refractivity contribution in [3.05, 3.63) is 60.3 Å². The van der Waals surface area contributed by atoms with Crippen molar-refractivity contribution in [3.8, 4) is 0 Å². The van der Waals surface area contributed by atoms with E-state index in [0.717, 1.165) is 63.0 Å². The molecule has 5 nitrogen and oxygen atoms in total. The maximum Gasteiger partial charge on any atom is 0.227 e. The molecule has 3 aliphatic rings. The molecule has 5 heteroatoms. The van der Waals surface area contributed by atoms with E-state index in [1.165, 1.54) is 0 Å². The van der Waals surface area contributed by atoms with Gasteiger partial charge in [-0.05, 0) is 49.8 Å². The van der Waals surface area contributed by atoms with Gasteiger partial charge in [0.1, 0.15) is 5.82 Å². The number of carbonyl (C=O) groups excluding carboxylic acids is 1. The summed E-state index contributed by atoms with van der Waals surface area (Å²) in [6, 6.07) is 16.2. The van der Waals surface area contributed by atoms with Gasteiger partial charge in [-0.15, -0.1) is 0 Å². The van der Waals surface area contributed by atoms with Gasteiger partial charge in [0.15, 0.2) is 0 Å². The van der Waals surface area contributed by atoms with Gasteiger partial charge in [-0.2, -0.15) is 0 Å². The number of benzene rings is 1. The molecule has 5 rings (SSSR count). The lowest BCUT2D eigenvalue weighted by atomic mass is 9.66. The molecule has 4 atom stereocenters. The number of nitrogens with zero attached hydrogens (tertiary/aromatic N) is 3. The summed E-state index contributed by atoms with van der Waals surface area (Å²) in [7, 11) is 0. The number of hydrogen-bond acceptors (Lipinski definition) is 4. The Kier molecular flexibility index (Phi) is 5.70. The average Bonchev–Trinajstić information content (AvgIpc) is 2.85. The van der Waals surface area contributed by atoms with E-state index in [2.05, 4.69) is 26.9 Å². The molecule has 2 saturated heterocycles. The Morgan fingerprint density at radius 2 is 1.77 bits per heavy atom. The van der Waals surface area contributed by atoms with Crippen LogP contribution in [0.1, 0.15) is 50.5 Å². The van der Waals surface area contributed by atoms with Crippen LogP contribution in [-0.2, 0) is 10.4 Å². The molecule has 1 saturated carbocycles. The Hall–Kier alpha value is -2.40. The lowest BCUT2D eigenvalue weighted by molar-refractivity contribution is -0.158. The van der Waals surface area contributed by atoms with Crippen molar-refractivity contribution in [2.45, 2.75) is 56.6 Å². The summed E-state index contributed by atoms with van der Waals surface area (Å²) in [5.41, 5.74) is 0.188. The van der Waals surface area contributed by atoms with Gasteiger partial charge in [0, 0.05) is 37.8 Å². The molecule has 1 amide bonds. The van der Waals surface area contributed by atoms with Crippen LogP contribution in [0, 0.1) is 11.8 Å². The van der Waals surface area contributed by atoms with Gasteiger partial charge in [-0.25, -0.2) is 4.98 Å². The first-order valence-electron chi connectivity index (χ1n) is 11.9. The molecular formula is C26H33N3O2. The van der Waals surface area contributed by atoms with Crippen molar-refractivity contribution in [1.29, 1.82) is 0 Å². The molecule has 31 heavy (non-hydrogen) atoms. The highest BCUT2D eigenvalue weighted by Gasteiger charge is 2.51. The van der Waals surface area contributed by atoms with Crippen LogP contribution in [0.4, 0.5) is 5.82 Å². The number of aromatic nitrogens is 1. The second-order valence-corrected chi connectivity index (χ2v) is 9.50. The molecule has 0 spiro atoms. The summed E-state index contributed by atoms with van der Waals surface area (Å²) in [6.45, 7) is 2.35. The van der Waals surface area contributed by atoms with Crippen LogP contribution < -0.4 is 4.90 Å². The van der Waals surface area contributed by atoms with Crippen LogP contribution in [0.5, 0.6) is 0 Å². The van der Waals surface area contributed by atoms with Gasteiger partial charge in [0.05, 0.1) is 11.5 Å². The number of pyridine rings is 1. The van der Waals surface area contributed by atoms with Gasteiger partial charge < -0.3 is 14.9 Å². The summed E-state index contributed by atoms with van der Waals surface area (Å²) in [5, 5.41) is 11.8. The zero-order valence-corrected chi connectivity index (χ0v) is 18.2. The monoisotopic (exact) mass is 419 g/mol. The summed E-state index contributed by atoms with van der Waals surface area (Å²) in [5.74, 6) is 1.39. The number of hydrogen-bond donors (Lipinski definition) is 1. The van der Waals surface area contributed by atoms with Crippen LogP contribution in [-0.4, -0.2) is 46.6 Å². The lowest BCUT2D eigenvalue weighted by Gasteiger charge is -2.53. The summed E-state index contributed by atoms with van der Waals surface area (Å²) in [4.78, 5) is 22.6. The maximum atomic E-state index is 13.7. The molecule has 0 bridgehead atoms. The Balaban J connectivity index is 1.35. The van der Waals surface area contributed by atoms with Crippen LogP contribution in [0.2, 0.25) is 0 Å². The predicted octanol–water partition coefficient (Wildman–Crippen LogP) is 3.98. The Morgan fingerprint density at radius 3 is 2.58 bits per heavy atom. The molecule has 1 N–H and O–H groups in total. The fourth-order valence-electron chi connectivity index (χ4n) is 6.20. The average molecular weight is 420 g/mol. The molecule has 0 radical (unpaired) electrons. The topological polar surface area (TPSA) is 56.7 Å². The molecule has 2 aromatic rings. The zero-order chi connectivity index (χ0) is 21.3. The summed E-state index contributed by atoms with van der Waals surface area (Å²) < 4.78 is 0. The number of fused-ring (bicyclic) bond motifs is 1. The third-order valence-electron chi connectivity index (χ3n) is 7.78. The Bertz CT molecular complexity index is 890. The number of anilines is 1. The minimum Gasteiger partial charge on any atom is -0.385 e. The van der Waals surface area contributed by atoms with Gasteiger partial charge in [-0.1, -0.05) is 49.2 Å². The largest absolute Gasteiger partial charge is 0.385 e. The third-order valence-corrected chi connectivity index (χ3v) is 7.78. The standard InChI is InChI=1S/C26H33N3O2/c30-25(20-9-8-17-28(19-20)24-14-6-7-16-27-24)29-18-15-26(31,21-10-2-1-3-11-21)22-12-4-5-13-23(22)29/h1-3,6-7,10-11,14,16,20,22-23,31H,4-5,8-9,12-13,15,17-19H2/t20?,22-,23+,26-/m0/s1. The lowest BCUT2D eigenvalue weighted by Crippen LogP contribution is -2.60. The Morgan fingerprint density at radius 1 is 0.968 bits per heavy atom. The van der Waals surface area contributed by atoms with Gasteiger partial charge in [0.25, 0.3) is 0 Å². The molecule has 1 aromatic heterocycles. The fraction of sp³-hybridized carbons (Fsp3) is 0.538. The van der Waals surface area contributed by atoms with Crippen LogP contribution in [0.15, 0.2) is 54.7 Å². The van der Waals surface area contributed by atoms with E-state index < -0.39 is 5.60 Å². The molecular weight excluding hydrogens is 386 g/mol. The van der Waals surface area contributed by atoms with Crippen LogP contribution in [0.25, 0.3) is 0 Å². The fourth-order valence-corrected chi connectivity index (χ4v) is 6.20. The van der Waals surface area contributed by atoms with E-state index in [0.29, 0.717) is 13.0 Å². The molecule has 1 aromatic carbocycles. The van der Waals surface area contributed by atoms with Crippen molar-refractivity contribution in [2.24, 2.45) is 11.8 Å². The smallest absolute Gasteiger partial charge is 0.227 e.